The fraction of sp³-hybridized carbons (Fsp3) is 0.458. The molecule has 2 amide bonds. The second-order valence-electron chi connectivity index (χ2n) is 8.44. The molecule has 0 unspecified atom stereocenters. The lowest BCUT2D eigenvalue weighted by atomic mass is 10.1. The Morgan fingerprint density at radius 3 is 2.48 bits per heavy atom. The fourth-order valence-corrected chi connectivity index (χ4v) is 4.49. The molecule has 2 aromatic rings. The zero-order valence-corrected chi connectivity index (χ0v) is 17.8. The Morgan fingerprint density at radius 1 is 0.968 bits per heavy atom. The maximum Gasteiger partial charge on any atom is 0.253 e. The van der Waals surface area contributed by atoms with Gasteiger partial charge in [0.2, 0.25) is 5.91 Å². The number of nitrogens with one attached hydrogen (secondary N) is 2. The van der Waals surface area contributed by atoms with Gasteiger partial charge in [0.1, 0.15) is 6.54 Å². The average Bonchev–Trinajstić information content (AvgIpc) is 3.48. The summed E-state index contributed by atoms with van der Waals surface area (Å²) in [6.45, 7) is 2.42. The highest BCUT2D eigenvalue weighted by Gasteiger charge is 2.18. The second kappa shape index (κ2) is 9.81. The van der Waals surface area contributed by atoms with Crippen LogP contribution >= 0.6 is 0 Å². The summed E-state index contributed by atoms with van der Waals surface area (Å²) >= 11 is 0. The van der Waals surface area contributed by atoms with Gasteiger partial charge in [0.25, 0.3) is 11.5 Å². The van der Waals surface area contributed by atoms with Crippen LogP contribution < -0.4 is 21.1 Å². The van der Waals surface area contributed by atoms with Crippen molar-refractivity contribution in [3.8, 4) is 0 Å². The highest BCUT2D eigenvalue weighted by molar-refractivity contribution is 5.94. The lowest BCUT2D eigenvalue weighted by molar-refractivity contribution is -0.122. The Bertz CT molecular complexity index is 988. The van der Waals surface area contributed by atoms with Gasteiger partial charge in [0.15, 0.2) is 0 Å². The van der Waals surface area contributed by atoms with E-state index >= 15 is 0 Å². The Labute approximate surface area is 182 Å². The maximum atomic E-state index is 12.7. The Kier molecular flexibility index (Phi) is 6.70. The number of hydrogen-bond donors (Lipinski definition) is 2. The first-order chi connectivity index (χ1) is 15.1. The monoisotopic (exact) mass is 422 g/mol. The number of aromatic nitrogens is 1. The van der Waals surface area contributed by atoms with Crippen LogP contribution in [0.3, 0.4) is 0 Å². The van der Waals surface area contributed by atoms with Gasteiger partial charge in [-0.15, -0.1) is 0 Å². The van der Waals surface area contributed by atoms with Gasteiger partial charge in [0.05, 0.1) is 5.56 Å². The zero-order valence-electron chi connectivity index (χ0n) is 17.8. The van der Waals surface area contributed by atoms with Crippen molar-refractivity contribution in [2.45, 2.75) is 57.7 Å². The smallest absolute Gasteiger partial charge is 0.253 e. The SMILES string of the molecule is O=C(Cn1cc(C(=O)NCc2ccccc2N2CCCC2)ccc1=O)NC1CCCC1. The summed E-state index contributed by atoms with van der Waals surface area (Å²) < 4.78 is 1.30. The molecule has 7 heteroatoms. The van der Waals surface area contributed by atoms with Crippen LogP contribution in [-0.2, 0) is 17.9 Å². The number of nitrogens with zero attached hydrogens (tertiary/aromatic N) is 2. The van der Waals surface area contributed by atoms with Gasteiger partial charge in [-0.3, -0.25) is 14.4 Å². The van der Waals surface area contributed by atoms with Crippen molar-refractivity contribution in [3.63, 3.8) is 0 Å². The summed E-state index contributed by atoms with van der Waals surface area (Å²) in [4.78, 5) is 39.6. The van der Waals surface area contributed by atoms with Crippen LogP contribution in [0.5, 0.6) is 0 Å². The molecule has 2 fully saturated rings. The molecule has 0 bridgehead atoms. The van der Waals surface area contributed by atoms with Gasteiger partial charge >= 0.3 is 0 Å². The topological polar surface area (TPSA) is 83.4 Å². The quantitative estimate of drug-likeness (QED) is 0.718. The third-order valence-corrected chi connectivity index (χ3v) is 6.16. The van der Waals surface area contributed by atoms with E-state index in [-0.39, 0.29) is 30.0 Å². The Morgan fingerprint density at radius 2 is 1.71 bits per heavy atom. The predicted octanol–water partition coefficient (Wildman–Crippen LogP) is 2.44. The van der Waals surface area contributed by atoms with Gasteiger partial charge in [-0.25, -0.2) is 0 Å². The molecule has 1 aromatic heterocycles. The van der Waals surface area contributed by atoms with Crippen molar-refractivity contribution >= 4 is 17.5 Å². The van der Waals surface area contributed by atoms with Crippen LogP contribution in [0.25, 0.3) is 0 Å². The molecule has 1 saturated heterocycles. The molecule has 4 rings (SSSR count). The van der Waals surface area contributed by atoms with Gasteiger partial charge in [-0.1, -0.05) is 31.0 Å². The largest absolute Gasteiger partial charge is 0.371 e. The van der Waals surface area contributed by atoms with Crippen LogP contribution in [0.1, 0.15) is 54.4 Å². The number of rotatable bonds is 7. The van der Waals surface area contributed by atoms with Crippen LogP contribution in [0.2, 0.25) is 0 Å². The van der Waals surface area contributed by atoms with Crippen molar-refractivity contribution in [2.75, 3.05) is 18.0 Å². The number of hydrogen-bond acceptors (Lipinski definition) is 4. The van der Waals surface area contributed by atoms with E-state index in [1.54, 1.807) is 0 Å². The van der Waals surface area contributed by atoms with E-state index in [9.17, 15) is 14.4 Å². The molecular weight excluding hydrogens is 392 g/mol. The van der Waals surface area contributed by atoms with Crippen molar-refractivity contribution in [1.82, 2.24) is 15.2 Å². The summed E-state index contributed by atoms with van der Waals surface area (Å²) in [6.07, 6.45) is 8.08. The van der Waals surface area contributed by atoms with Crippen LogP contribution in [0, 0.1) is 0 Å². The van der Waals surface area contributed by atoms with E-state index in [0.29, 0.717) is 12.1 Å². The predicted molar refractivity (Wildman–Crippen MR) is 120 cm³/mol. The highest BCUT2D eigenvalue weighted by atomic mass is 16.2. The summed E-state index contributed by atoms with van der Waals surface area (Å²) in [7, 11) is 0. The molecule has 1 aliphatic heterocycles. The number of anilines is 1. The standard InChI is InChI=1S/C24H30N4O3/c29-22(26-20-8-2-3-9-20)17-28-16-19(11-12-23(28)30)24(31)25-15-18-7-1-4-10-21(18)27-13-5-6-14-27/h1,4,7,10-12,16,20H,2-3,5-6,8-9,13-15,17H2,(H,25,31)(H,26,29). The lowest BCUT2D eigenvalue weighted by Crippen LogP contribution is -2.37. The van der Waals surface area contributed by atoms with Crippen LogP contribution in [-0.4, -0.2) is 35.5 Å². The number of benzene rings is 1. The third kappa shape index (κ3) is 5.34. The molecule has 31 heavy (non-hydrogen) atoms. The number of pyridine rings is 1. The molecule has 1 aliphatic carbocycles. The van der Waals surface area contributed by atoms with Crippen molar-refractivity contribution < 1.29 is 9.59 Å². The van der Waals surface area contributed by atoms with E-state index < -0.39 is 0 Å². The van der Waals surface area contributed by atoms with E-state index in [1.165, 1.54) is 35.7 Å². The van der Waals surface area contributed by atoms with Crippen molar-refractivity contribution in [3.05, 3.63) is 64.1 Å². The molecule has 0 atom stereocenters. The maximum absolute atomic E-state index is 12.7. The lowest BCUT2D eigenvalue weighted by Gasteiger charge is -2.21. The molecule has 1 saturated carbocycles. The minimum atomic E-state index is -0.294. The Hall–Kier alpha value is -3.09. The number of carbonyl (C=O) groups is 2. The minimum absolute atomic E-state index is 0.0752. The van der Waals surface area contributed by atoms with Crippen LogP contribution in [0.4, 0.5) is 5.69 Å². The summed E-state index contributed by atoms with van der Waals surface area (Å²) in [5.41, 5.74) is 2.31. The molecular formula is C24H30N4O3. The zero-order chi connectivity index (χ0) is 21.6. The van der Waals surface area contributed by atoms with Crippen molar-refractivity contribution in [2.24, 2.45) is 0 Å². The van der Waals surface area contributed by atoms with Gasteiger partial charge in [0, 0.05) is 43.6 Å². The molecule has 2 N–H and O–H groups in total. The van der Waals surface area contributed by atoms with E-state index in [2.05, 4.69) is 21.6 Å². The minimum Gasteiger partial charge on any atom is -0.371 e. The number of amides is 2. The van der Waals surface area contributed by atoms with Gasteiger partial charge in [-0.2, -0.15) is 0 Å². The molecule has 2 aliphatic rings. The number of carbonyl (C=O) groups excluding carboxylic acids is 2. The molecule has 7 nitrogen and oxygen atoms in total. The number of para-hydroxylation sites is 1. The van der Waals surface area contributed by atoms with E-state index in [4.69, 9.17) is 0 Å². The van der Waals surface area contributed by atoms with Gasteiger partial charge < -0.3 is 20.1 Å². The van der Waals surface area contributed by atoms with Crippen LogP contribution in [0.15, 0.2) is 47.4 Å². The molecule has 1 aromatic carbocycles. The molecule has 0 spiro atoms. The van der Waals surface area contributed by atoms with E-state index in [0.717, 1.165) is 50.0 Å². The Balaban J connectivity index is 1.39. The summed E-state index contributed by atoms with van der Waals surface area (Å²) in [5, 5.41) is 5.94. The average molecular weight is 423 g/mol. The highest BCUT2D eigenvalue weighted by Crippen LogP contribution is 2.24. The summed E-state index contributed by atoms with van der Waals surface area (Å²) in [6, 6.07) is 11.2. The van der Waals surface area contributed by atoms with E-state index in [1.807, 2.05) is 18.2 Å². The third-order valence-electron chi connectivity index (χ3n) is 6.16. The molecule has 0 radical (unpaired) electrons. The first-order valence-corrected chi connectivity index (χ1v) is 11.2. The first kappa shape index (κ1) is 21.2. The fourth-order valence-electron chi connectivity index (χ4n) is 4.49. The molecule has 2 heterocycles. The molecule has 164 valence electrons. The van der Waals surface area contributed by atoms with Gasteiger partial charge in [-0.05, 0) is 43.4 Å². The summed E-state index contributed by atoms with van der Waals surface area (Å²) in [5.74, 6) is -0.452. The van der Waals surface area contributed by atoms with Crippen molar-refractivity contribution in [1.29, 1.82) is 0 Å². The normalized spacial score (nSPS) is 16.5. The second-order valence-corrected chi connectivity index (χ2v) is 8.44. The first-order valence-electron chi connectivity index (χ1n) is 11.2.